The Morgan fingerprint density at radius 1 is 1.32 bits per heavy atom. The van der Waals surface area contributed by atoms with Crippen LogP contribution in [0.4, 0.5) is 0 Å². The van der Waals surface area contributed by atoms with Gasteiger partial charge < -0.3 is 10.1 Å². The van der Waals surface area contributed by atoms with E-state index in [9.17, 15) is 8.42 Å². The van der Waals surface area contributed by atoms with Crippen molar-refractivity contribution >= 4 is 10.0 Å². The second-order valence-electron chi connectivity index (χ2n) is 6.19. The molecule has 0 amide bonds. The summed E-state index contributed by atoms with van der Waals surface area (Å²) in [6.07, 6.45) is 4.23. The lowest BCUT2D eigenvalue weighted by molar-refractivity contribution is -0.0640. The Balaban J connectivity index is 1.70. The van der Waals surface area contributed by atoms with Gasteiger partial charge in [0.15, 0.2) is 0 Å². The lowest BCUT2D eigenvalue weighted by Crippen LogP contribution is -2.51. The standard InChI is InChI=1S/C13H26N2O3S/c1-13(2)11-15(8-9-18-13)19(16,17)10-4-3-7-14-12-5-6-12/h12,14H,3-11H2,1-2H3. The summed E-state index contributed by atoms with van der Waals surface area (Å²) >= 11 is 0. The molecule has 2 rings (SSSR count). The van der Waals surface area contributed by atoms with Gasteiger partial charge in [0.2, 0.25) is 10.0 Å². The molecule has 0 aromatic rings. The van der Waals surface area contributed by atoms with Crippen LogP contribution in [0, 0.1) is 0 Å². The molecular weight excluding hydrogens is 264 g/mol. The van der Waals surface area contributed by atoms with Gasteiger partial charge in [0, 0.05) is 19.1 Å². The average Bonchev–Trinajstić information content (AvgIpc) is 3.11. The Labute approximate surface area is 116 Å². The van der Waals surface area contributed by atoms with Gasteiger partial charge in [0.25, 0.3) is 0 Å². The van der Waals surface area contributed by atoms with E-state index in [4.69, 9.17) is 4.74 Å². The summed E-state index contributed by atoms with van der Waals surface area (Å²) in [5, 5.41) is 3.41. The van der Waals surface area contributed by atoms with Crippen LogP contribution >= 0.6 is 0 Å². The number of morpholine rings is 1. The van der Waals surface area contributed by atoms with Crippen LogP contribution in [-0.2, 0) is 14.8 Å². The van der Waals surface area contributed by atoms with E-state index < -0.39 is 10.0 Å². The molecule has 5 nitrogen and oxygen atoms in total. The van der Waals surface area contributed by atoms with Crippen LogP contribution in [-0.4, -0.2) is 56.4 Å². The molecule has 0 aromatic heterocycles. The molecule has 1 heterocycles. The van der Waals surface area contributed by atoms with Crippen LogP contribution in [0.3, 0.4) is 0 Å². The third-order valence-electron chi connectivity index (χ3n) is 3.62. The highest BCUT2D eigenvalue weighted by molar-refractivity contribution is 7.89. The fourth-order valence-electron chi connectivity index (χ4n) is 2.34. The molecule has 2 fully saturated rings. The third-order valence-corrected chi connectivity index (χ3v) is 5.53. The van der Waals surface area contributed by atoms with E-state index in [0.717, 1.165) is 19.4 Å². The molecular formula is C13H26N2O3S. The summed E-state index contributed by atoms with van der Waals surface area (Å²) < 4.78 is 31.6. The Kier molecular flexibility index (Phi) is 4.87. The molecule has 0 aromatic carbocycles. The predicted molar refractivity (Wildman–Crippen MR) is 75.6 cm³/mol. The number of hydrogen-bond donors (Lipinski definition) is 1. The number of unbranched alkanes of at least 4 members (excludes halogenated alkanes) is 1. The summed E-state index contributed by atoms with van der Waals surface area (Å²) in [6.45, 7) is 6.27. The van der Waals surface area contributed by atoms with Crippen molar-refractivity contribution in [2.45, 2.75) is 51.2 Å². The maximum absolute atomic E-state index is 12.2. The van der Waals surface area contributed by atoms with E-state index in [1.165, 1.54) is 12.8 Å². The van der Waals surface area contributed by atoms with Crippen molar-refractivity contribution in [3.05, 3.63) is 0 Å². The van der Waals surface area contributed by atoms with E-state index in [-0.39, 0.29) is 11.4 Å². The van der Waals surface area contributed by atoms with E-state index in [1.807, 2.05) is 13.8 Å². The molecule has 0 radical (unpaired) electrons. The van der Waals surface area contributed by atoms with E-state index >= 15 is 0 Å². The first-order chi connectivity index (χ1) is 8.89. The summed E-state index contributed by atoms with van der Waals surface area (Å²) in [5.41, 5.74) is -0.362. The largest absolute Gasteiger partial charge is 0.373 e. The molecule has 19 heavy (non-hydrogen) atoms. The summed E-state index contributed by atoms with van der Waals surface area (Å²) in [6, 6.07) is 0.705. The molecule has 0 atom stereocenters. The second kappa shape index (κ2) is 6.08. The second-order valence-corrected chi connectivity index (χ2v) is 8.28. The van der Waals surface area contributed by atoms with Crippen molar-refractivity contribution in [1.29, 1.82) is 0 Å². The van der Waals surface area contributed by atoms with Crippen LogP contribution in [0.5, 0.6) is 0 Å². The molecule has 1 N–H and O–H groups in total. The summed E-state index contributed by atoms with van der Waals surface area (Å²) in [7, 11) is -3.11. The molecule has 0 unspecified atom stereocenters. The van der Waals surface area contributed by atoms with Gasteiger partial charge in [-0.05, 0) is 46.1 Å². The average molecular weight is 290 g/mol. The Hall–Kier alpha value is -0.170. The zero-order valence-corrected chi connectivity index (χ0v) is 12.8. The van der Waals surface area contributed by atoms with Crippen molar-refractivity contribution in [3.63, 3.8) is 0 Å². The highest BCUT2D eigenvalue weighted by atomic mass is 32.2. The maximum Gasteiger partial charge on any atom is 0.214 e. The van der Waals surface area contributed by atoms with Gasteiger partial charge in [-0.1, -0.05) is 0 Å². The zero-order chi connectivity index (χ0) is 13.9. The predicted octanol–water partition coefficient (Wildman–Crippen LogP) is 0.959. The van der Waals surface area contributed by atoms with Gasteiger partial charge >= 0.3 is 0 Å². The fraction of sp³-hybridized carbons (Fsp3) is 1.00. The molecule has 112 valence electrons. The molecule has 6 heteroatoms. The van der Waals surface area contributed by atoms with Crippen molar-refractivity contribution in [3.8, 4) is 0 Å². The number of ether oxygens (including phenoxy) is 1. The first kappa shape index (κ1) is 15.2. The smallest absolute Gasteiger partial charge is 0.214 e. The minimum Gasteiger partial charge on any atom is -0.373 e. The van der Waals surface area contributed by atoms with E-state index in [2.05, 4.69) is 5.32 Å². The zero-order valence-electron chi connectivity index (χ0n) is 12.0. The van der Waals surface area contributed by atoms with Crippen LogP contribution in [0.25, 0.3) is 0 Å². The molecule has 1 saturated carbocycles. The summed E-state index contributed by atoms with van der Waals surface area (Å²) in [5.74, 6) is 0.259. The molecule has 1 saturated heterocycles. The number of sulfonamides is 1. The van der Waals surface area contributed by atoms with Gasteiger partial charge in [0.05, 0.1) is 18.0 Å². The van der Waals surface area contributed by atoms with Gasteiger partial charge in [-0.25, -0.2) is 8.42 Å². The topological polar surface area (TPSA) is 58.6 Å². The minimum atomic E-state index is -3.11. The number of nitrogens with zero attached hydrogens (tertiary/aromatic N) is 1. The SMILES string of the molecule is CC1(C)CN(S(=O)(=O)CCCCNC2CC2)CCO1. The number of nitrogens with one attached hydrogen (secondary N) is 1. The maximum atomic E-state index is 12.2. The number of hydrogen-bond acceptors (Lipinski definition) is 4. The van der Waals surface area contributed by atoms with Crippen molar-refractivity contribution in [2.75, 3.05) is 32.0 Å². The van der Waals surface area contributed by atoms with Crippen LogP contribution in [0.1, 0.15) is 39.5 Å². The number of rotatable bonds is 7. The van der Waals surface area contributed by atoms with E-state index in [0.29, 0.717) is 25.7 Å². The van der Waals surface area contributed by atoms with Gasteiger partial charge in [-0.15, -0.1) is 0 Å². The fourth-order valence-corrected chi connectivity index (χ4v) is 4.03. The van der Waals surface area contributed by atoms with Crippen LogP contribution < -0.4 is 5.32 Å². The van der Waals surface area contributed by atoms with Crippen molar-refractivity contribution in [2.24, 2.45) is 0 Å². The van der Waals surface area contributed by atoms with Crippen LogP contribution in [0.15, 0.2) is 0 Å². The lowest BCUT2D eigenvalue weighted by atomic mass is 10.1. The lowest BCUT2D eigenvalue weighted by Gasteiger charge is -2.37. The molecule has 2 aliphatic rings. The summed E-state index contributed by atoms with van der Waals surface area (Å²) in [4.78, 5) is 0. The van der Waals surface area contributed by atoms with Gasteiger partial charge in [-0.3, -0.25) is 0 Å². The first-order valence-electron chi connectivity index (χ1n) is 7.24. The van der Waals surface area contributed by atoms with Crippen molar-refractivity contribution < 1.29 is 13.2 Å². The Morgan fingerprint density at radius 3 is 2.68 bits per heavy atom. The van der Waals surface area contributed by atoms with Gasteiger partial charge in [0.1, 0.15) is 0 Å². The van der Waals surface area contributed by atoms with Crippen molar-refractivity contribution in [1.82, 2.24) is 9.62 Å². The Bertz CT molecular complexity index is 391. The monoisotopic (exact) mass is 290 g/mol. The first-order valence-corrected chi connectivity index (χ1v) is 8.85. The molecule has 0 bridgehead atoms. The van der Waals surface area contributed by atoms with E-state index in [1.54, 1.807) is 4.31 Å². The molecule has 1 aliphatic heterocycles. The van der Waals surface area contributed by atoms with Gasteiger partial charge in [-0.2, -0.15) is 4.31 Å². The molecule has 1 aliphatic carbocycles. The normalized spacial score (nSPS) is 24.5. The molecule has 0 spiro atoms. The third kappa shape index (κ3) is 5.02. The highest BCUT2D eigenvalue weighted by Crippen LogP contribution is 2.20. The minimum absolute atomic E-state index is 0.259. The quantitative estimate of drug-likeness (QED) is 0.710. The van der Waals surface area contributed by atoms with Crippen LogP contribution in [0.2, 0.25) is 0 Å². The highest BCUT2D eigenvalue weighted by Gasteiger charge is 2.33. The Morgan fingerprint density at radius 2 is 2.05 bits per heavy atom.